The van der Waals surface area contributed by atoms with E-state index in [1.807, 2.05) is 0 Å². The number of halogens is 3. The van der Waals surface area contributed by atoms with E-state index in [1.54, 1.807) is 39.0 Å². The molecule has 1 amide bonds. The van der Waals surface area contributed by atoms with Crippen molar-refractivity contribution in [3.05, 3.63) is 29.8 Å². The molecule has 0 saturated heterocycles. The third kappa shape index (κ3) is 8.30. The summed E-state index contributed by atoms with van der Waals surface area (Å²) in [5.41, 5.74) is 5.28. The van der Waals surface area contributed by atoms with Gasteiger partial charge in [-0.15, -0.1) is 13.2 Å². The van der Waals surface area contributed by atoms with Crippen LogP contribution in [0.1, 0.15) is 32.8 Å². The Morgan fingerprint density at radius 2 is 1.96 bits per heavy atom. The molecule has 0 fully saturated rings. The van der Waals surface area contributed by atoms with E-state index in [2.05, 4.69) is 10.1 Å². The molecule has 0 radical (unpaired) electrons. The van der Waals surface area contributed by atoms with Gasteiger partial charge in [0.25, 0.3) is 0 Å². The number of amides is 1. The van der Waals surface area contributed by atoms with E-state index in [0.717, 1.165) is 0 Å². The Morgan fingerprint density at radius 3 is 2.54 bits per heavy atom. The van der Waals surface area contributed by atoms with Gasteiger partial charge in [-0.1, -0.05) is 18.2 Å². The molecule has 0 aliphatic carbocycles. The second-order valence-corrected chi connectivity index (χ2v) is 5.96. The van der Waals surface area contributed by atoms with Gasteiger partial charge in [-0.3, -0.25) is 0 Å². The van der Waals surface area contributed by atoms with Crippen molar-refractivity contribution in [2.24, 2.45) is 0 Å². The zero-order valence-electron chi connectivity index (χ0n) is 13.7. The van der Waals surface area contributed by atoms with Crippen LogP contribution in [0.4, 0.5) is 23.7 Å². The molecule has 1 rings (SSSR count). The minimum atomic E-state index is -4.80. The number of alkyl carbamates (subject to hydrolysis) is 1. The normalized spacial score (nSPS) is 12.2. The number of nitrogens with one attached hydrogen (secondary N) is 1. The maximum Gasteiger partial charge on any atom is 0.573 e. The highest BCUT2D eigenvalue weighted by atomic mass is 19.4. The van der Waals surface area contributed by atoms with Crippen LogP contribution in [0.15, 0.2) is 24.3 Å². The summed E-state index contributed by atoms with van der Waals surface area (Å²) in [6.07, 6.45) is -1.52. The van der Waals surface area contributed by atoms with Crippen LogP contribution in [0.5, 0.6) is 5.75 Å². The van der Waals surface area contributed by atoms with Crippen LogP contribution in [0.2, 0.25) is 0 Å². The van der Waals surface area contributed by atoms with E-state index >= 15 is 0 Å². The van der Waals surface area contributed by atoms with Gasteiger partial charge in [0.2, 0.25) is 0 Å². The van der Waals surface area contributed by atoms with Crippen LogP contribution in [0.25, 0.3) is 6.08 Å². The molecule has 24 heavy (non-hydrogen) atoms. The number of benzene rings is 1. The molecule has 8 heteroatoms. The van der Waals surface area contributed by atoms with Gasteiger partial charge in [0.15, 0.2) is 5.75 Å². The molecule has 0 aromatic heterocycles. The van der Waals surface area contributed by atoms with Gasteiger partial charge in [-0.2, -0.15) is 0 Å². The summed E-state index contributed by atoms with van der Waals surface area (Å²) < 4.78 is 45.7. The number of rotatable bonds is 5. The largest absolute Gasteiger partial charge is 0.573 e. The summed E-state index contributed by atoms with van der Waals surface area (Å²) in [5.74, 6) is -0.448. The number of carbonyl (C=O) groups excluding carboxylic acids is 1. The number of carbonyl (C=O) groups is 1. The predicted molar refractivity (Wildman–Crippen MR) is 85.4 cm³/mol. The second-order valence-electron chi connectivity index (χ2n) is 5.96. The zero-order valence-corrected chi connectivity index (χ0v) is 13.7. The molecule has 3 N–H and O–H groups in total. The first-order chi connectivity index (χ1) is 11.0. The molecule has 134 valence electrons. The number of nitrogen functional groups attached to an aromatic ring is 1. The molecular formula is C16H21F3N2O3. The number of alkyl halides is 3. The van der Waals surface area contributed by atoms with Crippen LogP contribution < -0.4 is 15.8 Å². The topological polar surface area (TPSA) is 73.6 Å². The molecule has 0 aliphatic rings. The number of nitrogens with two attached hydrogens (primary N) is 1. The third-order valence-corrected chi connectivity index (χ3v) is 2.55. The van der Waals surface area contributed by atoms with Gasteiger partial charge >= 0.3 is 12.5 Å². The van der Waals surface area contributed by atoms with Crippen molar-refractivity contribution in [1.29, 1.82) is 0 Å². The Kier molecular flexibility index (Phi) is 6.51. The predicted octanol–water partition coefficient (Wildman–Crippen LogP) is 4.10. The van der Waals surface area contributed by atoms with Crippen molar-refractivity contribution in [3.8, 4) is 5.75 Å². The molecule has 0 heterocycles. The SMILES string of the molecule is CC(C)(C)OC(=O)NCCC=Cc1ccc(N)c(OC(F)(F)F)c1. The monoisotopic (exact) mass is 346 g/mol. The van der Waals surface area contributed by atoms with Crippen LogP contribution in [0.3, 0.4) is 0 Å². The van der Waals surface area contributed by atoms with Crippen molar-refractivity contribution >= 4 is 17.9 Å². The fourth-order valence-corrected chi connectivity index (χ4v) is 1.66. The van der Waals surface area contributed by atoms with E-state index < -0.39 is 23.8 Å². The summed E-state index contributed by atoms with van der Waals surface area (Å²) in [6.45, 7) is 5.61. The highest BCUT2D eigenvalue weighted by Gasteiger charge is 2.31. The molecular weight excluding hydrogens is 325 g/mol. The van der Waals surface area contributed by atoms with E-state index in [1.165, 1.54) is 12.1 Å². The van der Waals surface area contributed by atoms with E-state index in [9.17, 15) is 18.0 Å². The Balaban J connectivity index is 2.50. The third-order valence-electron chi connectivity index (χ3n) is 2.55. The highest BCUT2D eigenvalue weighted by molar-refractivity contribution is 5.67. The van der Waals surface area contributed by atoms with Crippen LogP contribution >= 0.6 is 0 Å². The van der Waals surface area contributed by atoms with E-state index in [0.29, 0.717) is 18.5 Å². The van der Waals surface area contributed by atoms with Crippen LogP contribution in [-0.4, -0.2) is 24.6 Å². The van der Waals surface area contributed by atoms with E-state index in [-0.39, 0.29) is 5.69 Å². The van der Waals surface area contributed by atoms with Gasteiger partial charge < -0.3 is 20.5 Å². The minimum absolute atomic E-state index is 0.101. The van der Waals surface area contributed by atoms with Gasteiger partial charge in [-0.05, 0) is 44.9 Å². The number of anilines is 1. The maximum absolute atomic E-state index is 12.3. The number of hydrogen-bond donors (Lipinski definition) is 2. The summed E-state index contributed by atoms with van der Waals surface area (Å²) in [6, 6.07) is 4.09. The first-order valence-electron chi connectivity index (χ1n) is 7.25. The standard InChI is InChI=1S/C16H21F3N2O3/c1-15(2,3)24-14(22)21-9-5-4-6-11-7-8-12(20)13(10-11)23-16(17,18)19/h4,6-8,10H,5,9,20H2,1-3H3,(H,21,22). The first kappa shape index (κ1) is 19.7. The summed E-state index contributed by atoms with van der Waals surface area (Å²) in [7, 11) is 0. The lowest BCUT2D eigenvalue weighted by Crippen LogP contribution is -2.32. The summed E-state index contributed by atoms with van der Waals surface area (Å²) in [5, 5.41) is 2.57. The van der Waals surface area contributed by atoms with Crippen molar-refractivity contribution < 1.29 is 27.4 Å². The Labute approximate surface area is 138 Å². The maximum atomic E-state index is 12.3. The fourth-order valence-electron chi connectivity index (χ4n) is 1.66. The Bertz CT molecular complexity index is 593. The molecule has 0 atom stereocenters. The van der Waals surface area contributed by atoms with Crippen molar-refractivity contribution in [3.63, 3.8) is 0 Å². The van der Waals surface area contributed by atoms with Crippen molar-refractivity contribution in [2.75, 3.05) is 12.3 Å². The van der Waals surface area contributed by atoms with Gasteiger partial charge in [0, 0.05) is 6.54 Å². The van der Waals surface area contributed by atoms with Crippen molar-refractivity contribution in [1.82, 2.24) is 5.32 Å². The summed E-state index contributed by atoms with van der Waals surface area (Å²) >= 11 is 0. The molecule has 0 saturated carbocycles. The second kappa shape index (κ2) is 7.94. The molecule has 1 aromatic carbocycles. The van der Waals surface area contributed by atoms with Crippen molar-refractivity contribution in [2.45, 2.75) is 39.2 Å². The average molecular weight is 346 g/mol. The average Bonchev–Trinajstić information content (AvgIpc) is 2.38. The Hall–Kier alpha value is -2.38. The lowest BCUT2D eigenvalue weighted by molar-refractivity contribution is -0.274. The smallest absolute Gasteiger partial charge is 0.444 e. The summed E-state index contributed by atoms with van der Waals surface area (Å²) in [4.78, 5) is 11.4. The fraction of sp³-hybridized carbons (Fsp3) is 0.438. The lowest BCUT2D eigenvalue weighted by Gasteiger charge is -2.19. The Morgan fingerprint density at radius 1 is 1.29 bits per heavy atom. The molecule has 0 spiro atoms. The molecule has 5 nitrogen and oxygen atoms in total. The van der Waals surface area contributed by atoms with E-state index in [4.69, 9.17) is 10.5 Å². The quantitative estimate of drug-likeness (QED) is 0.622. The lowest BCUT2D eigenvalue weighted by atomic mass is 10.1. The zero-order chi connectivity index (χ0) is 18.4. The molecule has 0 bridgehead atoms. The van der Waals surface area contributed by atoms with Crippen LogP contribution in [-0.2, 0) is 4.74 Å². The number of hydrogen-bond acceptors (Lipinski definition) is 4. The highest BCUT2D eigenvalue weighted by Crippen LogP contribution is 2.29. The molecule has 0 aliphatic heterocycles. The van der Waals surface area contributed by atoms with Gasteiger partial charge in [0.05, 0.1) is 5.69 Å². The van der Waals surface area contributed by atoms with Gasteiger partial charge in [-0.25, -0.2) is 4.79 Å². The number of ether oxygens (including phenoxy) is 2. The first-order valence-corrected chi connectivity index (χ1v) is 7.25. The molecule has 1 aromatic rings. The van der Waals surface area contributed by atoms with Crippen LogP contribution in [0, 0.1) is 0 Å². The van der Waals surface area contributed by atoms with Gasteiger partial charge in [0.1, 0.15) is 5.60 Å². The molecule has 0 unspecified atom stereocenters. The minimum Gasteiger partial charge on any atom is -0.444 e.